The maximum atomic E-state index is 6.24. The van der Waals surface area contributed by atoms with Gasteiger partial charge in [-0.3, -0.25) is 0 Å². The molecule has 5 heteroatoms. The van der Waals surface area contributed by atoms with E-state index in [0.29, 0.717) is 0 Å². The Hall–Kier alpha value is -2.03. The van der Waals surface area contributed by atoms with Crippen LogP contribution in [0.2, 0.25) is 4.34 Å². The topological polar surface area (TPSA) is 12.9 Å². The lowest BCUT2D eigenvalue weighted by atomic mass is 10.3. The van der Waals surface area contributed by atoms with Gasteiger partial charge in [-0.15, -0.1) is 11.3 Å². The van der Waals surface area contributed by atoms with Crippen LogP contribution in [0.5, 0.6) is 0 Å². The molecule has 2 heterocycles. The van der Waals surface area contributed by atoms with Crippen molar-refractivity contribution in [3.63, 3.8) is 0 Å². The zero-order valence-electron chi connectivity index (χ0n) is 16.7. The maximum Gasteiger partial charge on any atom is 0.118 e. The summed E-state index contributed by atoms with van der Waals surface area (Å²) in [5, 5.41) is 4.10. The van der Waals surface area contributed by atoms with E-state index in [2.05, 4.69) is 103 Å². The molecule has 5 rings (SSSR count). The molecule has 31 heavy (non-hydrogen) atoms. The van der Waals surface area contributed by atoms with Crippen LogP contribution in [0.25, 0.3) is 10.2 Å². The normalized spacial score (nSPS) is 11.3. The molecule has 0 atom stereocenters. The summed E-state index contributed by atoms with van der Waals surface area (Å²) in [7, 11) is -1.94. The molecule has 3 aromatic carbocycles. The third-order valence-corrected chi connectivity index (χ3v) is 10.9. The predicted molar refractivity (Wildman–Crippen MR) is 133 cm³/mol. The van der Waals surface area contributed by atoms with Gasteiger partial charge in [0.1, 0.15) is 29.3 Å². The van der Waals surface area contributed by atoms with Gasteiger partial charge in [0.25, 0.3) is 0 Å². The Morgan fingerprint density at radius 3 is 1.65 bits per heavy atom. The Kier molecular flexibility index (Phi) is 6.89. The van der Waals surface area contributed by atoms with Gasteiger partial charge in [-0.05, 0) is 54.6 Å². The van der Waals surface area contributed by atoms with E-state index in [4.69, 9.17) is 16.6 Å². The van der Waals surface area contributed by atoms with Crippen LogP contribution in [-0.2, 0) is 6.16 Å². The first-order valence-corrected chi connectivity index (χ1v) is 13.0. The van der Waals surface area contributed by atoms with E-state index in [1.807, 2.05) is 6.07 Å². The molecule has 5 aromatic rings. The second kappa shape index (κ2) is 9.63. The first-order chi connectivity index (χ1) is 14.8. The standard InChI is InChI=1S/C26H20ClNPS.BrH/c27-26-18-24-25(30-26)17-16-20(28-24)19-29(21-10-4-1-5-11-21,22-12-6-2-7-13-22)23-14-8-3-9-15-23;/h1-18H,19H2;1H/q+1;/p-1. The highest BCUT2D eigenvalue weighted by molar-refractivity contribution is 7.95. The Bertz CT molecular complexity index is 1180. The molecule has 0 spiro atoms. The molecule has 1 nitrogen and oxygen atoms in total. The molecular weight excluding hydrogens is 505 g/mol. The van der Waals surface area contributed by atoms with Crippen molar-refractivity contribution in [1.29, 1.82) is 0 Å². The van der Waals surface area contributed by atoms with E-state index in [9.17, 15) is 0 Å². The molecule has 0 N–H and O–H groups in total. The molecule has 0 aliphatic carbocycles. The minimum Gasteiger partial charge on any atom is -1.00 e. The van der Waals surface area contributed by atoms with Crippen LogP contribution < -0.4 is 32.9 Å². The number of pyridine rings is 1. The van der Waals surface area contributed by atoms with Gasteiger partial charge in [-0.1, -0.05) is 66.2 Å². The van der Waals surface area contributed by atoms with E-state index in [-0.39, 0.29) is 17.0 Å². The summed E-state index contributed by atoms with van der Waals surface area (Å²) in [6.07, 6.45) is 0.869. The molecule has 0 radical (unpaired) electrons. The number of hydrogen-bond donors (Lipinski definition) is 0. The molecule has 0 fully saturated rings. The molecule has 0 saturated carbocycles. The fraction of sp³-hybridized carbons (Fsp3) is 0.0385. The van der Waals surface area contributed by atoms with Crippen LogP contribution >= 0.6 is 30.2 Å². The molecule has 0 bridgehead atoms. The van der Waals surface area contributed by atoms with Crippen molar-refractivity contribution >= 4 is 56.3 Å². The van der Waals surface area contributed by atoms with Gasteiger partial charge in [0, 0.05) is 0 Å². The second-order valence-corrected chi connectivity index (χ2v) is 12.4. The van der Waals surface area contributed by atoms with E-state index in [1.54, 1.807) is 11.3 Å². The number of rotatable bonds is 5. The van der Waals surface area contributed by atoms with E-state index < -0.39 is 7.26 Å². The molecular formula is C26H20BrClNPS. The van der Waals surface area contributed by atoms with Gasteiger partial charge in [0.15, 0.2) is 0 Å². The smallest absolute Gasteiger partial charge is 0.118 e. The minimum atomic E-state index is -1.94. The predicted octanol–water partition coefficient (Wildman–Crippen LogP) is 3.45. The summed E-state index contributed by atoms with van der Waals surface area (Å²) in [5.41, 5.74) is 2.08. The second-order valence-electron chi connectivity index (χ2n) is 7.21. The molecule has 0 aliphatic heterocycles. The fourth-order valence-electron chi connectivity index (χ4n) is 4.04. The molecule has 2 aromatic heterocycles. The van der Waals surface area contributed by atoms with Gasteiger partial charge in [0.2, 0.25) is 0 Å². The zero-order valence-corrected chi connectivity index (χ0v) is 20.7. The SMILES string of the molecule is Clc1cc2nc(C[P+](c3ccccc3)(c3ccccc3)c3ccccc3)ccc2s1.[Br-]. The first kappa shape index (κ1) is 22.2. The van der Waals surface area contributed by atoms with Crippen molar-refractivity contribution in [2.24, 2.45) is 0 Å². The Balaban J connectivity index is 0.00000231. The van der Waals surface area contributed by atoms with Crippen molar-refractivity contribution in [2.45, 2.75) is 6.16 Å². The quantitative estimate of drug-likeness (QED) is 0.321. The van der Waals surface area contributed by atoms with Crippen LogP contribution in [0.4, 0.5) is 0 Å². The lowest BCUT2D eigenvalue weighted by molar-refractivity contribution is -0.00000568. The van der Waals surface area contributed by atoms with Crippen LogP contribution in [0.1, 0.15) is 5.69 Å². The Morgan fingerprint density at radius 1 is 0.677 bits per heavy atom. The minimum absolute atomic E-state index is 0. The summed E-state index contributed by atoms with van der Waals surface area (Å²) >= 11 is 7.82. The highest BCUT2D eigenvalue weighted by Gasteiger charge is 2.45. The highest BCUT2D eigenvalue weighted by Crippen LogP contribution is 2.58. The third-order valence-electron chi connectivity index (χ3n) is 5.39. The summed E-state index contributed by atoms with van der Waals surface area (Å²) in [6, 6.07) is 39.1. The van der Waals surface area contributed by atoms with Gasteiger partial charge in [-0.2, -0.15) is 0 Å². The average molecular weight is 525 g/mol. The van der Waals surface area contributed by atoms with Crippen molar-refractivity contribution in [1.82, 2.24) is 4.98 Å². The van der Waals surface area contributed by atoms with Crippen LogP contribution in [0.3, 0.4) is 0 Å². The summed E-state index contributed by atoms with van der Waals surface area (Å²) in [5.74, 6) is 0. The van der Waals surface area contributed by atoms with E-state index in [1.165, 1.54) is 15.9 Å². The average Bonchev–Trinajstić information content (AvgIpc) is 3.18. The maximum absolute atomic E-state index is 6.24. The van der Waals surface area contributed by atoms with Gasteiger partial charge in [0.05, 0.1) is 20.2 Å². The van der Waals surface area contributed by atoms with Crippen molar-refractivity contribution in [3.8, 4) is 0 Å². The first-order valence-electron chi connectivity index (χ1n) is 9.86. The number of aromatic nitrogens is 1. The number of benzene rings is 3. The lowest BCUT2D eigenvalue weighted by Crippen LogP contribution is -3.00. The summed E-state index contributed by atoms with van der Waals surface area (Å²) in [4.78, 5) is 5.01. The van der Waals surface area contributed by atoms with Crippen LogP contribution in [-0.4, -0.2) is 4.98 Å². The van der Waals surface area contributed by atoms with Gasteiger partial charge < -0.3 is 17.0 Å². The van der Waals surface area contributed by atoms with Crippen molar-refractivity contribution in [2.75, 3.05) is 0 Å². The van der Waals surface area contributed by atoms with Gasteiger partial charge in [-0.25, -0.2) is 4.98 Å². The molecule has 0 aliphatic rings. The molecule has 0 unspecified atom stereocenters. The number of nitrogens with zero attached hydrogens (tertiary/aromatic N) is 1. The number of hydrogen-bond acceptors (Lipinski definition) is 2. The number of halogens is 2. The Labute approximate surface area is 202 Å². The Morgan fingerprint density at radius 2 is 1.16 bits per heavy atom. The van der Waals surface area contributed by atoms with Crippen molar-refractivity contribution in [3.05, 3.63) is 119 Å². The monoisotopic (exact) mass is 523 g/mol. The molecule has 0 amide bonds. The largest absolute Gasteiger partial charge is 1.00 e. The van der Waals surface area contributed by atoms with E-state index >= 15 is 0 Å². The number of fused-ring (bicyclic) bond motifs is 1. The van der Waals surface area contributed by atoms with Gasteiger partial charge >= 0.3 is 0 Å². The summed E-state index contributed by atoms with van der Waals surface area (Å²) in [6.45, 7) is 0. The number of thiophene rings is 1. The van der Waals surface area contributed by atoms with Crippen molar-refractivity contribution < 1.29 is 17.0 Å². The van der Waals surface area contributed by atoms with Crippen LogP contribution in [0.15, 0.2) is 109 Å². The van der Waals surface area contributed by atoms with Crippen LogP contribution in [0, 0.1) is 0 Å². The fourth-order valence-corrected chi connectivity index (χ4v) is 9.26. The zero-order chi connectivity index (χ0) is 20.4. The highest BCUT2D eigenvalue weighted by atomic mass is 79.9. The molecule has 154 valence electrons. The third kappa shape index (κ3) is 4.33. The molecule has 0 saturated heterocycles. The summed E-state index contributed by atoms with van der Waals surface area (Å²) < 4.78 is 1.91. The lowest BCUT2D eigenvalue weighted by Gasteiger charge is -2.27. The van der Waals surface area contributed by atoms with E-state index in [0.717, 1.165) is 26.4 Å².